The normalized spacial score (nSPS) is 10.9. The fourth-order valence-corrected chi connectivity index (χ4v) is 3.15. The van der Waals surface area contributed by atoms with E-state index in [1.807, 2.05) is 0 Å². The summed E-state index contributed by atoms with van der Waals surface area (Å²) in [6, 6.07) is 7.45. The predicted molar refractivity (Wildman–Crippen MR) is 117 cm³/mol. The van der Waals surface area contributed by atoms with Gasteiger partial charge in [-0.15, -0.1) is 0 Å². The Morgan fingerprint density at radius 2 is 1.88 bits per heavy atom. The summed E-state index contributed by atoms with van der Waals surface area (Å²) in [7, 11) is 0. The van der Waals surface area contributed by atoms with E-state index in [0.29, 0.717) is 10.6 Å². The first-order valence-electron chi connectivity index (χ1n) is 9.50. The van der Waals surface area contributed by atoms with Gasteiger partial charge in [-0.05, 0) is 37.6 Å². The Balaban J connectivity index is 1.89. The van der Waals surface area contributed by atoms with Crippen molar-refractivity contribution in [3.63, 3.8) is 0 Å². The summed E-state index contributed by atoms with van der Waals surface area (Å²) in [5, 5.41) is 7.01. The van der Waals surface area contributed by atoms with Crippen molar-refractivity contribution < 1.29 is 18.8 Å². The Labute approximate surface area is 187 Å². The van der Waals surface area contributed by atoms with Crippen molar-refractivity contribution in [3.05, 3.63) is 69.9 Å². The van der Waals surface area contributed by atoms with Gasteiger partial charge in [-0.1, -0.05) is 23.7 Å². The highest BCUT2D eigenvalue weighted by Crippen LogP contribution is 2.24. The number of rotatable bonds is 7. The van der Waals surface area contributed by atoms with Gasteiger partial charge in [0, 0.05) is 22.8 Å². The van der Waals surface area contributed by atoms with E-state index in [0.717, 1.165) is 12.3 Å². The number of benzene rings is 1. The van der Waals surface area contributed by atoms with Gasteiger partial charge in [0.15, 0.2) is 0 Å². The number of nitrogens with zero attached hydrogens (tertiary/aromatic N) is 3. The molecule has 0 saturated heterocycles. The second-order valence-electron chi connectivity index (χ2n) is 7.25. The second-order valence-corrected chi connectivity index (χ2v) is 7.69. The van der Waals surface area contributed by atoms with Crippen LogP contribution in [0, 0.1) is 5.95 Å². The van der Waals surface area contributed by atoms with Gasteiger partial charge in [0.1, 0.15) is 17.1 Å². The lowest BCUT2D eigenvalue weighted by Gasteiger charge is -2.08. The Bertz CT molecular complexity index is 1210. The molecule has 11 heteroatoms. The lowest BCUT2D eigenvalue weighted by Crippen LogP contribution is -2.18. The van der Waals surface area contributed by atoms with E-state index in [4.69, 9.17) is 23.1 Å². The molecule has 0 saturated carbocycles. The molecule has 3 aromatic rings. The summed E-state index contributed by atoms with van der Waals surface area (Å²) in [4.78, 5) is 40.7. The summed E-state index contributed by atoms with van der Waals surface area (Å²) in [6.07, 6.45) is 0.928. The first-order valence-corrected chi connectivity index (χ1v) is 9.88. The summed E-state index contributed by atoms with van der Waals surface area (Å²) < 4.78 is 15.5. The van der Waals surface area contributed by atoms with Crippen molar-refractivity contribution in [3.8, 4) is 0 Å². The molecule has 1 aromatic carbocycles. The monoisotopic (exact) mass is 458 g/mol. The Morgan fingerprint density at radius 1 is 1.22 bits per heavy atom. The van der Waals surface area contributed by atoms with E-state index < -0.39 is 23.5 Å². The molecule has 0 radical (unpaired) electrons. The van der Waals surface area contributed by atoms with Crippen molar-refractivity contribution in [1.82, 2.24) is 14.8 Å². The Hall–Kier alpha value is -3.79. The van der Waals surface area contributed by atoms with Crippen molar-refractivity contribution >= 4 is 40.7 Å². The van der Waals surface area contributed by atoms with Gasteiger partial charge >= 0.3 is 0 Å². The Kier molecular flexibility index (Phi) is 6.54. The van der Waals surface area contributed by atoms with Crippen molar-refractivity contribution in [2.75, 3.05) is 11.1 Å². The lowest BCUT2D eigenvalue weighted by molar-refractivity contribution is -0.115. The number of nitrogens with two attached hydrogens (primary N) is 2. The standard InChI is InChI=1S/C21H20ClFN6O3/c1-10(2)29-20(24)16(21(25)32)17(28-29)18(31)12-8-14(19(23)26-9-12)27-15(30)7-11-3-5-13(22)6-4-11/h3-6,8-10H,7,24H2,1-2H3,(H2,25,32)(H,27,30). The molecule has 9 nitrogen and oxygen atoms in total. The number of carbonyl (C=O) groups excluding carboxylic acids is 3. The highest BCUT2D eigenvalue weighted by molar-refractivity contribution is 6.30. The van der Waals surface area contributed by atoms with Gasteiger partial charge in [-0.2, -0.15) is 9.49 Å². The summed E-state index contributed by atoms with van der Waals surface area (Å²) >= 11 is 5.82. The molecule has 166 valence electrons. The number of aromatic nitrogens is 3. The van der Waals surface area contributed by atoms with Crippen LogP contribution in [0.25, 0.3) is 0 Å². The van der Waals surface area contributed by atoms with Gasteiger partial charge in [-0.25, -0.2) is 9.67 Å². The van der Waals surface area contributed by atoms with Gasteiger partial charge < -0.3 is 16.8 Å². The highest BCUT2D eigenvalue weighted by Gasteiger charge is 2.27. The van der Waals surface area contributed by atoms with E-state index in [9.17, 15) is 18.8 Å². The van der Waals surface area contributed by atoms with Gasteiger partial charge in [0.2, 0.25) is 17.6 Å². The van der Waals surface area contributed by atoms with E-state index >= 15 is 0 Å². The molecule has 5 N–H and O–H groups in total. The zero-order chi connectivity index (χ0) is 23.6. The molecule has 0 fully saturated rings. The van der Waals surface area contributed by atoms with Gasteiger partial charge in [-0.3, -0.25) is 14.4 Å². The fourth-order valence-electron chi connectivity index (χ4n) is 3.02. The Morgan fingerprint density at radius 3 is 2.47 bits per heavy atom. The number of amides is 2. The molecule has 2 heterocycles. The number of nitrogen functional groups attached to an aromatic ring is 1. The molecule has 0 aliphatic heterocycles. The minimum atomic E-state index is -0.978. The highest BCUT2D eigenvalue weighted by atomic mass is 35.5. The minimum absolute atomic E-state index is 0.0457. The summed E-state index contributed by atoms with van der Waals surface area (Å²) in [6.45, 7) is 3.52. The molecular weight excluding hydrogens is 439 g/mol. The third-order valence-electron chi connectivity index (χ3n) is 4.55. The number of pyridine rings is 1. The van der Waals surface area contributed by atoms with Crippen LogP contribution in [0.2, 0.25) is 5.02 Å². The number of primary amides is 1. The minimum Gasteiger partial charge on any atom is -0.383 e. The fraction of sp³-hybridized carbons (Fsp3) is 0.190. The van der Waals surface area contributed by atoms with Crippen LogP contribution in [0.1, 0.15) is 51.9 Å². The smallest absolute Gasteiger partial charge is 0.254 e. The average Bonchev–Trinajstić information content (AvgIpc) is 3.08. The zero-order valence-electron chi connectivity index (χ0n) is 17.2. The third-order valence-corrected chi connectivity index (χ3v) is 4.80. The number of nitrogens with one attached hydrogen (secondary N) is 1. The van der Waals surface area contributed by atoms with Crippen molar-refractivity contribution in [2.24, 2.45) is 5.73 Å². The number of halogens is 2. The lowest BCUT2D eigenvalue weighted by atomic mass is 10.1. The van der Waals surface area contributed by atoms with Gasteiger partial charge in [0.05, 0.1) is 12.1 Å². The molecular formula is C21H20ClFN6O3. The van der Waals surface area contributed by atoms with Crippen LogP contribution in [0.5, 0.6) is 0 Å². The van der Waals surface area contributed by atoms with E-state index in [2.05, 4.69) is 15.4 Å². The van der Waals surface area contributed by atoms with E-state index in [1.165, 1.54) is 4.68 Å². The predicted octanol–water partition coefficient (Wildman–Crippen LogP) is 2.74. The van der Waals surface area contributed by atoms with Gasteiger partial charge in [0.25, 0.3) is 5.91 Å². The molecule has 32 heavy (non-hydrogen) atoms. The molecule has 0 bridgehead atoms. The van der Waals surface area contributed by atoms with E-state index in [-0.39, 0.29) is 40.8 Å². The third kappa shape index (κ3) is 4.75. The number of carbonyl (C=O) groups is 3. The molecule has 3 rings (SSSR count). The van der Waals surface area contributed by atoms with Crippen LogP contribution >= 0.6 is 11.6 Å². The van der Waals surface area contributed by atoms with Crippen molar-refractivity contribution in [2.45, 2.75) is 26.3 Å². The maximum Gasteiger partial charge on any atom is 0.254 e. The second kappa shape index (κ2) is 9.15. The average molecular weight is 459 g/mol. The van der Waals surface area contributed by atoms with E-state index in [1.54, 1.807) is 38.1 Å². The first kappa shape index (κ1) is 22.9. The maximum atomic E-state index is 14.2. The largest absolute Gasteiger partial charge is 0.383 e. The van der Waals surface area contributed by atoms with Crippen LogP contribution in [-0.4, -0.2) is 32.4 Å². The van der Waals surface area contributed by atoms with Crippen LogP contribution in [0.3, 0.4) is 0 Å². The van der Waals surface area contributed by atoms with Crippen molar-refractivity contribution in [1.29, 1.82) is 0 Å². The van der Waals surface area contributed by atoms with Crippen LogP contribution in [0.4, 0.5) is 15.9 Å². The molecule has 0 spiro atoms. The molecule has 0 atom stereocenters. The SMILES string of the molecule is CC(C)n1nc(C(=O)c2cnc(F)c(NC(=O)Cc3ccc(Cl)cc3)c2)c(C(N)=O)c1N. The maximum absolute atomic E-state index is 14.2. The van der Waals surface area contributed by atoms with Crippen LogP contribution < -0.4 is 16.8 Å². The summed E-state index contributed by atoms with van der Waals surface area (Å²) in [5.74, 6) is -3.23. The number of hydrogen-bond donors (Lipinski definition) is 3. The van der Waals surface area contributed by atoms with Crippen LogP contribution in [-0.2, 0) is 11.2 Å². The number of anilines is 2. The number of ketones is 1. The molecule has 0 aliphatic rings. The molecule has 0 unspecified atom stereocenters. The quantitative estimate of drug-likeness (QED) is 0.366. The molecule has 0 aliphatic carbocycles. The molecule has 2 aromatic heterocycles. The topological polar surface area (TPSA) is 146 Å². The molecule has 2 amide bonds. The van der Waals surface area contributed by atoms with Crippen LogP contribution in [0.15, 0.2) is 36.5 Å². The summed E-state index contributed by atoms with van der Waals surface area (Å²) in [5.41, 5.74) is 11.0. The zero-order valence-corrected chi connectivity index (χ0v) is 18.0. The number of hydrogen-bond acceptors (Lipinski definition) is 6. The first-order chi connectivity index (χ1) is 15.1.